The Hall–Kier alpha value is -2.08. The van der Waals surface area contributed by atoms with E-state index in [9.17, 15) is 13.2 Å². The van der Waals surface area contributed by atoms with Crippen LogP contribution in [0.2, 0.25) is 0 Å². The highest BCUT2D eigenvalue weighted by atomic mass is 19.1. The SMILES string of the molecule is Nc1ccncc1CC(N)c1c(F)cc(F)cc1F. The van der Waals surface area contributed by atoms with E-state index in [1.165, 1.54) is 12.4 Å². The smallest absolute Gasteiger partial charge is 0.133 e. The number of halogens is 3. The highest BCUT2D eigenvalue weighted by molar-refractivity contribution is 5.45. The van der Waals surface area contributed by atoms with E-state index in [1.807, 2.05) is 0 Å². The number of nitrogens with two attached hydrogens (primary N) is 2. The predicted octanol–water partition coefficient (Wildman–Crippen LogP) is 2.32. The molecule has 6 heteroatoms. The van der Waals surface area contributed by atoms with Gasteiger partial charge in [-0.3, -0.25) is 4.98 Å². The second-order valence-corrected chi connectivity index (χ2v) is 4.17. The van der Waals surface area contributed by atoms with E-state index >= 15 is 0 Å². The van der Waals surface area contributed by atoms with Gasteiger partial charge in [0.1, 0.15) is 17.5 Å². The molecular formula is C13H12F3N3. The van der Waals surface area contributed by atoms with Crippen molar-refractivity contribution in [3.8, 4) is 0 Å². The number of hydrogen-bond donors (Lipinski definition) is 2. The summed E-state index contributed by atoms with van der Waals surface area (Å²) in [7, 11) is 0. The fourth-order valence-corrected chi connectivity index (χ4v) is 1.86. The first-order chi connectivity index (χ1) is 8.99. The van der Waals surface area contributed by atoms with Crippen LogP contribution < -0.4 is 11.5 Å². The van der Waals surface area contributed by atoms with Gasteiger partial charge in [-0.1, -0.05) is 0 Å². The van der Waals surface area contributed by atoms with Gasteiger partial charge in [0, 0.05) is 41.8 Å². The molecule has 1 atom stereocenters. The Kier molecular flexibility index (Phi) is 3.71. The van der Waals surface area contributed by atoms with E-state index in [0.29, 0.717) is 23.4 Å². The van der Waals surface area contributed by atoms with E-state index in [1.54, 1.807) is 6.07 Å². The van der Waals surface area contributed by atoms with Gasteiger partial charge in [-0.15, -0.1) is 0 Å². The van der Waals surface area contributed by atoms with Crippen LogP contribution >= 0.6 is 0 Å². The number of rotatable bonds is 3. The number of aromatic nitrogens is 1. The van der Waals surface area contributed by atoms with Crippen LogP contribution in [0, 0.1) is 17.5 Å². The molecule has 3 nitrogen and oxygen atoms in total. The number of pyridine rings is 1. The van der Waals surface area contributed by atoms with Crippen molar-refractivity contribution >= 4 is 5.69 Å². The number of nitrogen functional groups attached to an aromatic ring is 1. The van der Waals surface area contributed by atoms with Crippen LogP contribution in [0.4, 0.5) is 18.9 Å². The third-order valence-corrected chi connectivity index (χ3v) is 2.80. The highest BCUT2D eigenvalue weighted by Gasteiger charge is 2.19. The maximum absolute atomic E-state index is 13.6. The molecule has 4 N–H and O–H groups in total. The van der Waals surface area contributed by atoms with Crippen molar-refractivity contribution in [2.45, 2.75) is 12.5 Å². The first-order valence-electron chi connectivity index (χ1n) is 5.57. The standard InChI is InChI=1S/C13H12F3N3/c14-8-4-9(15)13(10(16)5-8)12(18)3-7-6-19-2-1-11(7)17/h1-2,4-6,12H,3,18H2,(H2,17,19). The Morgan fingerprint density at radius 3 is 2.37 bits per heavy atom. The Labute approximate surface area is 108 Å². The Balaban J connectivity index is 2.31. The van der Waals surface area contributed by atoms with Crippen molar-refractivity contribution in [3.05, 3.63) is 59.2 Å². The lowest BCUT2D eigenvalue weighted by Gasteiger charge is -2.15. The molecule has 2 aromatic rings. The van der Waals surface area contributed by atoms with Crippen LogP contribution in [0.3, 0.4) is 0 Å². The zero-order valence-electron chi connectivity index (χ0n) is 9.91. The first-order valence-corrected chi connectivity index (χ1v) is 5.57. The summed E-state index contributed by atoms with van der Waals surface area (Å²) in [5, 5.41) is 0. The van der Waals surface area contributed by atoms with Crippen molar-refractivity contribution in [2.24, 2.45) is 5.73 Å². The minimum Gasteiger partial charge on any atom is -0.398 e. The van der Waals surface area contributed by atoms with Gasteiger partial charge in [-0.2, -0.15) is 0 Å². The van der Waals surface area contributed by atoms with Crippen LogP contribution in [0.15, 0.2) is 30.6 Å². The van der Waals surface area contributed by atoms with E-state index in [4.69, 9.17) is 11.5 Å². The van der Waals surface area contributed by atoms with Crippen LogP contribution in [-0.4, -0.2) is 4.98 Å². The lowest BCUT2D eigenvalue weighted by Crippen LogP contribution is -2.18. The molecule has 100 valence electrons. The zero-order chi connectivity index (χ0) is 14.0. The van der Waals surface area contributed by atoms with Crippen molar-refractivity contribution < 1.29 is 13.2 Å². The average Bonchev–Trinajstić information content (AvgIpc) is 2.30. The summed E-state index contributed by atoms with van der Waals surface area (Å²) in [6, 6.07) is 1.81. The van der Waals surface area contributed by atoms with E-state index in [2.05, 4.69) is 4.98 Å². The Bertz CT molecular complexity index is 578. The van der Waals surface area contributed by atoms with E-state index in [-0.39, 0.29) is 12.0 Å². The molecule has 2 rings (SSSR count). The largest absolute Gasteiger partial charge is 0.398 e. The van der Waals surface area contributed by atoms with Gasteiger partial charge in [0.15, 0.2) is 0 Å². The molecule has 0 spiro atoms. The van der Waals surface area contributed by atoms with Crippen molar-refractivity contribution in [1.82, 2.24) is 4.98 Å². The van der Waals surface area contributed by atoms with Crippen LogP contribution in [0.5, 0.6) is 0 Å². The summed E-state index contributed by atoms with van der Waals surface area (Å²) >= 11 is 0. The second-order valence-electron chi connectivity index (χ2n) is 4.17. The Morgan fingerprint density at radius 1 is 1.16 bits per heavy atom. The summed E-state index contributed by atoms with van der Waals surface area (Å²) < 4.78 is 39.9. The molecule has 0 amide bonds. The molecule has 0 fully saturated rings. The van der Waals surface area contributed by atoms with Crippen molar-refractivity contribution in [3.63, 3.8) is 0 Å². The van der Waals surface area contributed by atoms with E-state index < -0.39 is 23.5 Å². The minimum absolute atomic E-state index is 0.110. The molecule has 0 radical (unpaired) electrons. The molecule has 1 heterocycles. The summed E-state index contributed by atoms with van der Waals surface area (Å²) in [6.07, 6.45) is 3.09. The summed E-state index contributed by atoms with van der Waals surface area (Å²) in [5.41, 5.74) is 12.1. The number of benzene rings is 1. The quantitative estimate of drug-likeness (QED) is 0.897. The topological polar surface area (TPSA) is 64.9 Å². The second kappa shape index (κ2) is 5.27. The fraction of sp³-hybridized carbons (Fsp3) is 0.154. The normalized spacial score (nSPS) is 12.4. The molecule has 0 saturated carbocycles. The van der Waals surface area contributed by atoms with Crippen LogP contribution in [0.1, 0.15) is 17.2 Å². The van der Waals surface area contributed by atoms with Crippen molar-refractivity contribution in [2.75, 3.05) is 5.73 Å². The van der Waals surface area contributed by atoms with Gasteiger partial charge >= 0.3 is 0 Å². The summed E-state index contributed by atoms with van der Waals surface area (Å²) in [6.45, 7) is 0. The molecule has 0 aliphatic carbocycles. The first kappa shape index (κ1) is 13.4. The maximum atomic E-state index is 13.6. The average molecular weight is 267 g/mol. The van der Waals surface area contributed by atoms with Crippen molar-refractivity contribution in [1.29, 1.82) is 0 Å². The number of nitrogens with zero attached hydrogens (tertiary/aromatic N) is 1. The maximum Gasteiger partial charge on any atom is 0.133 e. The third-order valence-electron chi connectivity index (χ3n) is 2.80. The summed E-state index contributed by atoms with van der Waals surface area (Å²) in [5.74, 6) is -2.99. The molecular weight excluding hydrogens is 255 g/mol. The molecule has 0 aliphatic heterocycles. The Morgan fingerprint density at radius 2 is 1.79 bits per heavy atom. The zero-order valence-corrected chi connectivity index (χ0v) is 9.91. The lowest BCUT2D eigenvalue weighted by atomic mass is 9.99. The van der Waals surface area contributed by atoms with Gasteiger partial charge in [0.05, 0.1) is 0 Å². The fourth-order valence-electron chi connectivity index (χ4n) is 1.86. The van der Waals surface area contributed by atoms with Gasteiger partial charge in [-0.05, 0) is 18.1 Å². The summed E-state index contributed by atoms with van der Waals surface area (Å²) in [4.78, 5) is 3.87. The molecule has 1 unspecified atom stereocenters. The van der Waals surface area contributed by atoms with Crippen LogP contribution in [-0.2, 0) is 6.42 Å². The van der Waals surface area contributed by atoms with Gasteiger partial charge in [-0.25, -0.2) is 13.2 Å². The molecule has 0 saturated heterocycles. The number of hydrogen-bond acceptors (Lipinski definition) is 3. The van der Waals surface area contributed by atoms with Gasteiger partial charge < -0.3 is 11.5 Å². The predicted molar refractivity (Wildman–Crippen MR) is 65.6 cm³/mol. The molecule has 1 aromatic carbocycles. The van der Waals surface area contributed by atoms with Gasteiger partial charge in [0.2, 0.25) is 0 Å². The number of anilines is 1. The lowest BCUT2D eigenvalue weighted by molar-refractivity contribution is 0.501. The molecule has 1 aromatic heterocycles. The molecule has 0 bridgehead atoms. The van der Waals surface area contributed by atoms with Gasteiger partial charge in [0.25, 0.3) is 0 Å². The van der Waals surface area contributed by atoms with Crippen LogP contribution in [0.25, 0.3) is 0 Å². The highest BCUT2D eigenvalue weighted by Crippen LogP contribution is 2.24. The molecule has 19 heavy (non-hydrogen) atoms. The monoisotopic (exact) mass is 267 g/mol. The van der Waals surface area contributed by atoms with E-state index in [0.717, 1.165) is 0 Å². The minimum atomic E-state index is -1.01. The third kappa shape index (κ3) is 2.85. The molecule has 0 aliphatic rings.